The van der Waals surface area contributed by atoms with E-state index >= 15 is 0 Å². The second-order valence-electron chi connectivity index (χ2n) is 6.64. The first-order chi connectivity index (χ1) is 13.6. The third kappa shape index (κ3) is 3.80. The fraction of sp³-hybridized carbons (Fsp3) is 0.182. The average molecular weight is 394 g/mol. The number of nitrogens with zero attached hydrogens (tertiary/aromatic N) is 2. The van der Waals surface area contributed by atoms with Crippen LogP contribution in [0.25, 0.3) is 0 Å². The molecule has 3 aromatic rings. The van der Waals surface area contributed by atoms with E-state index in [9.17, 15) is 4.79 Å². The molecule has 2 aromatic carbocycles. The van der Waals surface area contributed by atoms with Gasteiger partial charge in [-0.05, 0) is 47.9 Å². The van der Waals surface area contributed by atoms with Gasteiger partial charge < -0.3 is 15.0 Å². The molecule has 1 aromatic heterocycles. The Labute approximate surface area is 168 Å². The van der Waals surface area contributed by atoms with Gasteiger partial charge >= 0.3 is 0 Å². The molecular weight excluding hydrogens is 374 g/mol. The van der Waals surface area contributed by atoms with E-state index in [0.717, 1.165) is 25.2 Å². The molecule has 28 heavy (non-hydrogen) atoms. The van der Waals surface area contributed by atoms with Crippen molar-refractivity contribution in [3.8, 4) is 5.75 Å². The van der Waals surface area contributed by atoms with Crippen molar-refractivity contribution in [1.29, 1.82) is 0 Å². The number of carbonyl (C=O) groups is 1. The second-order valence-corrected chi connectivity index (χ2v) is 7.05. The van der Waals surface area contributed by atoms with Crippen molar-refractivity contribution < 1.29 is 9.53 Å². The lowest BCUT2D eigenvalue weighted by molar-refractivity contribution is 0.102. The maximum absolute atomic E-state index is 12.6. The van der Waals surface area contributed by atoms with E-state index < -0.39 is 0 Å². The predicted molar refractivity (Wildman–Crippen MR) is 111 cm³/mol. The zero-order valence-corrected chi connectivity index (χ0v) is 16.2. The highest BCUT2D eigenvalue weighted by Gasteiger charge is 2.18. The van der Waals surface area contributed by atoms with Gasteiger partial charge in [0.25, 0.3) is 5.91 Å². The van der Waals surface area contributed by atoms with E-state index in [4.69, 9.17) is 16.3 Å². The van der Waals surface area contributed by atoms with Crippen LogP contribution in [0.1, 0.15) is 21.6 Å². The maximum Gasteiger partial charge on any atom is 0.274 e. The van der Waals surface area contributed by atoms with E-state index in [2.05, 4.69) is 39.5 Å². The first kappa shape index (κ1) is 18.3. The Morgan fingerprint density at radius 2 is 1.96 bits per heavy atom. The maximum atomic E-state index is 12.6. The number of fused-ring (bicyclic) bond motifs is 1. The number of methoxy groups -OCH3 is 1. The van der Waals surface area contributed by atoms with Crippen LogP contribution in [0.5, 0.6) is 5.75 Å². The summed E-state index contributed by atoms with van der Waals surface area (Å²) in [7, 11) is 1.55. The fourth-order valence-electron chi connectivity index (χ4n) is 3.40. The summed E-state index contributed by atoms with van der Waals surface area (Å²) in [4.78, 5) is 19.2. The molecule has 142 valence electrons. The number of halogens is 1. The van der Waals surface area contributed by atoms with Crippen molar-refractivity contribution in [1.82, 2.24) is 4.98 Å². The number of hydrogen-bond acceptors (Lipinski definition) is 4. The van der Waals surface area contributed by atoms with E-state index in [0.29, 0.717) is 22.2 Å². The predicted octanol–water partition coefficient (Wildman–Crippen LogP) is 4.56. The third-order valence-electron chi connectivity index (χ3n) is 4.88. The lowest BCUT2D eigenvalue weighted by Gasteiger charge is -2.30. The molecule has 2 heterocycles. The SMILES string of the molecule is COc1ccc(NC(=O)c2cc(N3CCc4ccccc4C3)ccn2)cc1Cl. The van der Waals surface area contributed by atoms with Crippen LogP contribution in [-0.4, -0.2) is 24.5 Å². The molecule has 5 nitrogen and oxygen atoms in total. The van der Waals surface area contributed by atoms with Gasteiger partial charge in [-0.15, -0.1) is 0 Å². The summed E-state index contributed by atoms with van der Waals surface area (Å²) in [5.41, 5.74) is 4.66. The van der Waals surface area contributed by atoms with Gasteiger partial charge in [-0.25, -0.2) is 0 Å². The first-order valence-corrected chi connectivity index (χ1v) is 9.44. The summed E-state index contributed by atoms with van der Waals surface area (Å²) in [5, 5.41) is 3.28. The standard InChI is InChI=1S/C22H20ClN3O2/c1-28-21-7-6-17(12-19(21)23)25-22(27)20-13-18(8-10-24-20)26-11-9-15-4-2-3-5-16(15)14-26/h2-8,10,12-13H,9,11,14H2,1H3,(H,25,27). The fourth-order valence-corrected chi connectivity index (χ4v) is 3.65. The molecule has 0 bridgehead atoms. The number of amides is 1. The number of benzene rings is 2. The number of hydrogen-bond donors (Lipinski definition) is 1. The highest BCUT2D eigenvalue weighted by molar-refractivity contribution is 6.32. The molecule has 0 saturated carbocycles. The quantitative estimate of drug-likeness (QED) is 0.706. The number of pyridine rings is 1. The van der Waals surface area contributed by atoms with Gasteiger partial charge in [-0.3, -0.25) is 9.78 Å². The summed E-state index contributed by atoms with van der Waals surface area (Å²) < 4.78 is 5.13. The third-order valence-corrected chi connectivity index (χ3v) is 5.18. The molecule has 1 aliphatic heterocycles. The second kappa shape index (κ2) is 7.90. The van der Waals surface area contributed by atoms with Crippen LogP contribution in [0, 0.1) is 0 Å². The van der Waals surface area contributed by atoms with Crippen LogP contribution in [0.2, 0.25) is 5.02 Å². The molecule has 4 rings (SSSR count). The largest absolute Gasteiger partial charge is 0.495 e. The van der Waals surface area contributed by atoms with Crippen molar-refractivity contribution in [2.24, 2.45) is 0 Å². The smallest absolute Gasteiger partial charge is 0.274 e. The van der Waals surface area contributed by atoms with E-state index in [1.807, 2.05) is 12.1 Å². The molecular formula is C22H20ClN3O2. The molecule has 0 aliphatic carbocycles. The monoisotopic (exact) mass is 393 g/mol. The van der Waals surface area contributed by atoms with E-state index in [1.54, 1.807) is 31.5 Å². The van der Waals surface area contributed by atoms with Gasteiger partial charge in [-0.2, -0.15) is 0 Å². The van der Waals surface area contributed by atoms with Gasteiger partial charge in [0.05, 0.1) is 12.1 Å². The minimum atomic E-state index is -0.277. The number of anilines is 2. The minimum absolute atomic E-state index is 0.277. The molecule has 1 aliphatic rings. The van der Waals surface area contributed by atoms with Crippen LogP contribution in [0.4, 0.5) is 11.4 Å². The van der Waals surface area contributed by atoms with Gasteiger partial charge in [-0.1, -0.05) is 35.9 Å². The Hall–Kier alpha value is -3.05. The Bertz CT molecular complexity index is 1020. The van der Waals surface area contributed by atoms with Crippen molar-refractivity contribution in [3.05, 3.63) is 82.6 Å². The lowest BCUT2D eigenvalue weighted by atomic mass is 9.99. The molecule has 0 fully saturated rings. The van der Waals surface area contributed by atoms with Crippen LogP contribution < -0.4 is 15.0 Å². The Kier molecular flexibility index (Phi) is 5.17. The molecule has 1 N–H and O–H groups in total. The number of aromatic nitrogens is 1. The highest BCUT2D eigenvalue weighted by Crippen LogP contribution is 2.28. The van der Waals surface area contributed by atoms with Crippen molar-refractivity contribution in [2.75, 3.05) is 23.9 Å². The molecule has 1 amide bonds. The summed E-state index contributed by atoms with van der Waals surface area (Å²) in [6.45, 7) is 1.74. The van der Waals surface area contributed by atoms with Gasteiger partial charge in [0.2, 0.25) is 0 Å². The van der Waals surface area contributed by atoms with Crippen LogP contribution in [0.15, 0.2) is 60.8 Å². The zero-order chi connectivity index (χ0) is 19.5. The topological polar surface area (TPSA) is 54.5 Å². The molecule has 0 radical (unpaired) electrons. The summed E-state index contributed by atoms with van der Waals surface area (Å²) >= 11 is 6.13. The molecule has 0 unspecified atom stereocenters. The van der Waals surface area contributed by atoms with Crippen molar-refractivity contribution in [2.45, 2.75) is 13.0 Å². The van der Waals surface area contributed by atoms with Crippen LogP contribution in [-0.2, 0) is 13.0 Å². The highest BCUT2D eigenvalue weighted by atomic mass is 35.5. The van der Waals surface area contributed by atoms with Gasteiger partial charge in [0.15, 0.2) is 0 Å². The Morgan fingerprint density at radius 3 is 2.75 bits per heavy atom. The summed E-state index contributed by atoms with van der Waals surface area (Å²) in [6.07, 6.45) is 2.66. The number of nitrogens with one attached hydrogen (secondary N) is 1. The zero-order valence-electron chi connectivity index (χ0n) is 15.5. The molecule has 0 saturated heterocycles. The van der Waals surface area contributed by atoms with Crippen molar-refractivity contribution in [3.63, 3.8) is 0 Å². The molecule has 6 heteroatoms. The van der Waals surface area contributed by atoms with E-state index in [1.165, 1.54) is 11.1 Å². The molecule has 0 atom stereocenters. The van der Waals surface area contributed by atoms with Crippen LogP contribution in [0.3, 0.4) is 0 Å². The number of rotatable bonds is 4. The van der Waals surface area contributed by atoms with Crippen LogP contribution >= 0.6 is 11.6 Å². The van der Waals surface area contributed by atoms with Gasteiger partial charge in [0.1, 0.15) is 11.4 Å². The molecule has 0 spiro atoms. The first-order valence-electron chi connectivity index (χ1n) is 9.07. The Balaban J connectivity index is 1.51. The Morgan fingerprint density at radius 1 is 1.14 bits per heavy atom. The minimum Gasteiger partial charge on any atom is -0.495 e. The number of ether oxygens (including phenoxy) is 1. The van der Waals surface area contributed by atoms with E-state index in [-0.39, 0.29) is 5.91 Å². The lowest BCUT2D eigenvalue weighted by Crippen LogP contribution is -2.30. The van der Waals surface area contributed by atoms with Crippen molar-refractivity contribution >= 4 is 28.9 Å². The van der Waals surface area contributed by atoms with Gasteiger partial charge in [0, 0.05) is 30.7 Å². The summed E-state index contributed by atoms with van der Waals surface area (Å²) in [6, 6.07) is 17.4. The number of carbonyl (C=O) groups excluding carboxylic acids is 1. The normalized spacial score (nSPS) is 13.0. The summed E-state index contributed by atoms with van der Waals surface area (Å²) in [5.74, 6) is 0.283. The average Bonchev–Trinajstić information content (AvgIpc) is 2.73.